The number of rotatable bonds is 6. The highest BCUT2D eigenvalue weighted by Crippen LogP contribution is 2.26. The third-order valence-electron chi connectivity index (χ3n) is 4.83. The number of hydrogen-bond donors (Lipinski definition) is 1. The van der Waals surface area contributed by atoms with Crippen molar-refractivity contribution in [2.75, 3.05) is 40.0 Å². The van der Waals surface area contributed by atoms with E-state index in [-0.39, 0.29) is 5.60 Å². The quantitative estimate of drug-likeness (QED) is 0.807. The summed E-state index contributed by atoms with van der Waals surface area (Å²) in [5.41, 5.74) is -0.0762. The summed E-state index contributed by atoms with van der Waals surface area (Å²) in [5.74, 6) is 0.749. The van der Waals surface area contributed by atoms with Gasteiger partial charge in [-0.3, -0.25) is 4.90 Å². The van der Waals surface area contributed by atoms with Crippen LogP contribution >= 0.6 is 0 Å². The molecule has 2 rings (SSSR count). The Labute approximate surface area is 124 Å². The first kappa shape index (κ1) is 16.2. The molecule has 0 saturated carbocycles. The van der Waals surface area contributed by atoms with Gasteiger partial charge in [-0.05, 0) is 18.8 Å². The summed E-state index contributed by atoms with van der Waals surface area (Å²) in [4.78, 5) is 2.64. The molecule has 2 saturated heterocycles. The highest BCUT2D eigenvalue weighted by atomic mass is 16.5. The van der Waals surface area contributed by atoms with Gasteiger partial charge in [0.1, 0.15) is 5.60 Å². The molecule has 4 heteroatoms. The zero-order valence-electron chi connectivity index (χ0n) is 13.7. The topological polar surface area (TPSA) is 33.7 Å². The first-order valence-electron chi connectivity index (χ1n) is 8.19. The molecular weight excluding hydrogens is 252 g/mol. The monoisotopic (exact) mass is 284 g/mol. The molecule has 0 amide bonds. The number of piperazine rings is 1. The Morgan fingerprint density at radius 1 is 1.45 bits per heavy atom. The largest absolute Gasteiger partial charge is 0.378 e. The summed E-state index contributed by atoms with van der Waals surface area (Å²) in [7, 11) is 1.84. The molecule has 118 valence electrons. The molecule has 2 aliphatic heterocycles. The van der Waals surface area contributed by atoms with E-state index >= 15 is 0 Å². The molecular formula is C16H32N2O2. The number of nitrogens with zero attached hydrogens (tertiary/aromatic N) is 1. The van der Waals surface area contributed by atoms with E-state index in [1.54, 1.807) is 0 Å². The Balaban J connectivity index is 1.97. The van der Waals surface area contributed by atoms with E-state index in [0.717, 1.165) is 45.2 Å². The van der Waals surface area contributed by atoms with E-state index in [0.29, 0.717) is 12.1 Å². The molecule has 2 heterocycles. The number of nitrogens with one attached hydrogen (secondary N) is 1. The average molecular weight is 284 g/mol. The molecule has 0 aromatic rings. The van der Waals surface area contributed by atoms with Gasteiger partial charge < -0.3 is 14.8 Å². The number of hydrogen-bond acceptors (Lipinski definition) is 4. The summed E-state index contributed by atoms with van der Waals surface area (Å²) in [5, 5.41) is 3.72. The molecule has 0 aromatic carbocycles. The molecule has 3 unspecified atom stereocenters. The van der Waals surface area contributed by atoms with Crippen molar-refractivity contribution in [3.63, 3.8) is 0 Å². The number of methoxy groups -OCH3 is 1. The Morgan fingerprint density at radius 3 is 2.80 bits per heavy atom. The minimum atomic E-state index is -0.0762. The second-order valence-electron chi connectivity index (χ2n) is 6.92. The fraction of sp³-hybridized carbons (Fsp3) is 1.00. The SMILES string of the molecule is CCC1CNC(CC(C)C)CN1CC1(OC)CCOC1. The average Bonchev–Trinajstić information content (AvgIpc) is 2.87. The van der Waals surface area contributed by atoms with Gasteiger partial charge in [-0.15, -0.1) is 0 Å². The molecule has 0 aromatic heterocycles. The summed E-state index contributed by atoms with van der Waals surface area (Å²) in [6.45, 7) is 11.7. The van der Waals surface area contributed by atoms with Gasteiger partial charge in [-0.2, -0.15) is 0 Å². The van der Waals surface area contributed by atoms with Gasteiger partial charge in [0.25, 0.3) is 0 Å². The van der Waals surface area contributed by atoms with Crippen LogP contribution in [0.25, 0.3) is 0 Å². The fourth-order valence-electron chi connectivity index (χ4n) is 3.56. The van der Waals surface area contributed by atoms with Crippen molar-refractivity contribution in [2.24, 2.45) is 5.92 Å². The van der Waals surface area contributed by atoms with Gasteiger partial charge in [-0.25, -0.2) is 0 Å². The van der Waals surface area contributed by atoms with Crippen molar-refractivity contribution in [3.8, 4) is 0 Å². The van der Waals surface area contributed by atoms with Gasteiger partial charge in [0.2, 0.25) is 0 Å². The summed E-state index contributed by atoms with van der Waals surface area (Å²) in [6, 6.07) is 1.25. The summed E-state index contributed by atoms with van der Waals surface area (Å²) >= 11 is 0. The molecule has 0 spiro atoms. The molecule has 20 heavy (non-hydrogen) atoms. The highest BCUT2D eigenvalue weighted by Gasteiger charge is 2.39. The van der Waals surface area contributed by atoms with Crippen LogP contribution in [0.15, 0.2) is 0 Å². The van der Waals surface area contributed by atoms with Crippen molar-refractivity contribution >= 4 is 0 Å². The molecule has 1 N–H and O–H groups in total. The van der Waals surface area contributed by atoms with Crippen LogP contribution in [0, 0.1) is 5.92 Å². The highest BCUT2D eigenvalue weighted by molar-refractivity contribution is 4.94. The Morgan fingerprint density at radius 2 is 2.25 bits per heavy atom. The standard InChI is InChI=1S/C16H32N2O2/c1-5-15-9-17-14(8-13(2)3)10-18(15)11-16(19-4)6-7-20-12-16/h13-15,17H,5-12H2,1-4H3. The molecule has 4 nitrogen and oxygen atoms in total. The molecule has 2 fully saturated rings. The van der Waals surface area contributed by atoms with Gasteiger partial charge >= 0.3 is 0 Å². The lowest BCUT2D eigenvalue weighted by atomic mass is 9.95. The van der Waals surface area contributed by atoms with Crippen LogP contribution < -0.4 is 5.32 Å². The van der Waals surface area contributed by atoms with Crippen LogP contribution in [0.1, 0.15) is 40.0 Å². The maximum atomic E-state index is 5.82. The minimum Gasteiger partial charge on any atom is -0.378 e. The predicted molar refractivity (Wildman–Crippen MR) is 82.1 cm³/mol. The van der Waals surface area contributed by atoms with Crippen LogP contribution in [0.3, 0.4) is 0 Å². The van der Waals surface area contributed by atoms with Crippen molar-refractivity contribution < 1.29 is 9.47 Å². The molecule has 0 aliphatic carbocycles. The third-order valence-corrected chi connectivity index (χ3v) is 4.83. The lowest BCUT2D eigenvalue weighted by molar-refractivity contribution is -0.0559. The van der Waals surface area contributed by atoms with Crippen molar-refractivity contribution in [1.29, 1.82) is 0 Å². The molecule has 2 aliphatic rings. The van der Waals surface area contributed by atoms with Gasteiger partial charge in [0.15, 0.2) is 0 Å². The van der Waals surface area contributed by atoms with E-state index in [2.05, 4.69) is 31.0 Å². The normalized spacial score (nSPS) is 35.9. The van der Waals surface area contributed by atoms with Crippen LogP contribution in [0.2, 0.25) is 0 Å². The van der Waals surface area contributed by atoms with Gasteiger partial charge in [0.05, 0.1) is 6.61 Å². The fourth-order valence-corrected chi connectivity index (χ4v) is 3.56. The third kappa shape index (κ3) is 3.94. The minimum absolute atomic E-state index is 0.0762. The van der Waals surface area contributed by atoms with Crippen LogP contribution in [0.4, 0.5) is 0 Å². The zero-order chi connectivity index (χ0) is 14.6. The Hall–Kier alpha value is -0.160. The zero-order valence-corrected chi connectivity index (χ0v) is 13.7. The van der Waals surface area contributed by atoms with Crippen LogP contribution in [0.5, 0.6) is 0 Å². The lowest BCUT2D eigenvalue weighted by Crippen LogP contribution is -2.60. The predicted octanol–water partition coefficient (Wildman–Crippen LogP) is 1.89. The van der Waals surface area contributed by atoms with E-state index < -0.39 is 0 Å². The molecule has 3 atom stereocenters. The van der Waals surface area contributed by atoms with E-state index in [1.807, 2.05) is 7.11 Å². The maximum absolute atomic E-state index is 5.82. The second-order valence-corrected chi connectivity index (χ2v) is 6.92. The lowest BCUT2D eigenvalue weighted by Gasteiger charge is -2.44. The second kappa shape index (κ2) is 7.21. The molecule has 0 bridgehead atoms. The van der Waals surface area contributed by atoms with E-state index in [9.17, 15) is 0 Å². The molecule has 0 radical (unpaired) electrons. The van der Waals surface area contributed by atoms with Gasteiger partial charge in [0, 0.05) is 51.9 Å². The Kier molecular flexibility index (Phi) is 5.84. The van der Waals surface area contributed by atoms with Crippen molar-refractivity contribution in [1.82, 2.24) is 10.2 Å². The van der Waals surface area contributed by atoms with E-state index in [4.69, 9.17) is 9.47 Å². The van der Waals surface area contributed by atoms with Crippen molar-refractivity contribution in [2.45, 2.75) is 57.7 Å². The van der Waals surface area contributed by atoms with Crippen molar-refractivity contribution in [3.05, 3.63) is 0 Å². The summed E-state index contributed by atoms with van der Waals surface area (Å²) < 4.78 is 11.4. The van der Waals surface area contributed by atoms with Gasteiger partial charge in [-0.1, -0.05) is 20.8 Å². The number of ether oxygens (including phenoxy) is 2. The first-order chi connectivity index (χ1) is 9.58. The Bertz CT molecular complexity index is 290. The summed E-state index contributed by atoms with van der Waals surface area (Å²) in [6.07, 6.45) is 3.48. The smallest absolute Gasteiger partial charge is 0.106 e. The van der Waals surface area contributed by atoms with Crippen LogP contribution in [-0.2, 0) is 9.47 Å². The van der Waals surface area contributed by atoms with E-state index in [1.165, 1.54) is 12.8 Å². The first-order valence-corrected chi connectivity index (χ1v) is 8.19. The van der Waals surface area contributed by atoms with Crippen LogP contribution in [-0.4, -0.2) is 62.5 Å². The maximum Gasteiger partial charge on any atom is 0.106 e.